The molecule has 134 valence electrons. The fraction of sp³-hybridized carbons (Fsp3) is 0.684. The van der Waals surface area contributed by atoms with E-state index in [1.54, 1.807) is 0 Å². The van der Waals surface area contributed by atoms with Crippen molar-refractivity contribution >= 4 is 9.84 Å². The van der Waals surface area contributed by atoms with Crippen molar-refractivity contribution in [3.8, 4) is 5.75 Å². The molecule has 0 bridgehead atoms. The molecule has 0 aliphatic carbocycles. The van der Waals surface area contributed by atoms with Gasteiger partial charge in [0.25, 0.3) is 0 Å². The van der Waals surface area contributed by atoms with Crippen LogP contribution in [0.25, 0.3) is 0 Å². The molecule has 3 rings (SSSR count). The van der Waals surface area contributed by atoms with E-state index in [4.69, 9.17) is 4.74 Å². The number of benzene rings is 1. The van der Waals surface area contributed by atoms with Gasteiger partial charge in [0.1, 0.15) is 5.75 Å². The Labute approximate surface area is 146 Å². The lowest BCUT2D eigenvalue weighted by Crippen LogP contribution is -2.42. The zero-order chi connectivity index (χ0) is 17.0. The van der Waals surface area contributed by atoms with Gasteiger partial charge >= 0.3 is 0 Å². The van der Waals surface area contributed by atoms with Gasteiger partial charge in [0.2, 0.25) is 0 Å². The zero-order valence-electron chi connectivity index (χ0n) is 14.6. The van der Waals surface area contributed by atoms with Gasteiger partial charge in [0.05, 0.1) is 18.1 Å². The Morgan fingerprint density at radius 2 is 1.83 bits per heavy atom. The molecule has 2 heterocycles. The van der Waals surface area contributed by atoms with Crippen molar-refractivity contribution in [3.05, 3.63) is 29.8 Å². The number of ether oxygens (including phenoxy) is 1. The van der Waals surface area contributed by atoms with Crippen molar-refractivity contribution in [2.24, 2.45) is 5.92 Å². The second-order valence-electron chi connectivity index (χ2n) is 7.15. The van der Waals surface area contributed by atoms with Crippen LogP contribution in [0.4, 0.5) is 0 Å². The predicted octanol–water partition coefficient (Wildman–Crippen LogP) is 2.92. The summed E-state index contributed by atoms with van der Waals surface area (Å²) in [6, 6.07) is 8.74. The number of hydrogen-bond acceptors (Lipinski definition) is 4. The van der Waals surface area contributed by atoms with Crippen molar-refractivity contribution < 1.29 is 13.2 Å². The molecule has 0 radical (unpaired) electrons. The fourth-order valence-electron chi connectivity index (χ4n) is 3.96. The summed E-state index contributed by atoms with van der Waals surface area (Å²) in [5, 5.41) is 0. The van der Waals surface area contributed by atoms with Crippen molar-refractivity contribution in [1.29, 1.82) is 0 Å². The van der Waals surface area contributed by atoms with Crippen LogP contribution in [0.5, 0.6) is 5.75 Å². The topological polar surface area (TPSA) is 46.6 Å². The fourth-order valence-corrected chi connectivity index (χ4v) is 5.72. The van der Waals surface area contributed by atoms with Crippen LogP contribution in [0.15, 0.2) is 24.3 Å². The van der Waals surface area contributed by atoms with Crippen molar-refractivity contribution in [2.75, 3.05) is 31.2 Å². The summed E-state index contributed by atoms with van der Waals surface area (Å²) in [5.74, 6) is 2.48. The SMILES string of the molecule is CCOc1ccc(CCC2CCN([C@H]3CCS(=O)(=O)C3)CC2)cc1. The molecule has 2 fully saturated rings. The molecule has 0 N–H and O–H groups in total. The Morgan fingerprint density at radius 1 is 1.12 bits per heavy atom. The summed E-state index contributed by atoms with van der Waals surface area (Å²) < 4.78 is 28.8. The first kappa shape index (κ1) is 17.7. The third-order valence-corrected chi connectivity index (χ3v) is 7.20. The maximum Gasteiger partial charge on any atom is 0.151 e. The molecule has 4 nitrogen and oxygen atoms in total. The highest BCUT2D eigenvalue weighted by Gasteiger charge is 2.33. The van der Waals surface area contributed by atoms with Crippen LogP contribution < -0.4 is 4.74 Å². The molecule has 2 aliphatic rings. The minimum Gasteiger partial charge on any atom is -0.494 e. The van der Waals surface area contributed by atoms with Crippen LogP contribution in [0.3, 0.4) is 0 Å². The Bertz CT molecular complexity index is 619. The minimum absolute atomic E-state index is 0.280. The van der Waals surface area contributed by atoms with E-state index in [9.17, 15) is 8.42 Å². The van der Waals surface area contributed by atoms with Gasteiger partial charge in [-0.05, 0) is 75.7 Å². The summed E-state index contributed by atoms with van der Waals surface area (Å²) in [6.07, 6.45) is 5.58. The molecule has 5 heteroatoms. The number of sulfone groups is 1. The van der Waals surface area contributed by atoms with E-state index < -0.39 is 9.84 Å². The highest BCUT2D eigenvalue weighted by atomic mass is 32.2. The van der Waals surface area contributed by atoms with E-state index in [1.807, 2.05) is 6.92 Å². The van der Waals surface area contributed by atoms with Crippen LogP contribution >= 0.6 is 0 Å². The van der Waals surface area contributed by atoms with E-state index in [1.165, 1.54) is 24.8 Å². The molecule has 1 aromatic carbocycles. The highest BCUT2D eigenvalue weighted by molar-refractivity contribution is 7.91. The van der Waals surface area contributed by atoms with Gasteiger partial charge in [-0.15, -0.1) is 0 Å². The van der Waals surface area contributed by atoms with Crippen molar-refractivity contribution in [2.45, 2.75) is 45.1 Å². The first-order valence-electron chi connectivity index (χ1n) is 9.22. The third-order valence-electron chi connectivity index (χ3n) is 5.45. The summed E-state index contributed by atoms with van der Waals surface area (Å²) in [7, 11) is -2.76. The molecule has 0 spiro atoms. The van der Waals surface area contributed by atoms with Crippen molar-refractivity contribution in [1.82, 2.24) is 4.90 Å². The predicted molar refractivity (Wildman–Crippen MR) is 97.3 cm³/mol. The Balaban J connectivity index is 1.41. The number of aryl methyl sites for hydroxylation is 1. The van der Waals surface area contributed by atoms with Gasteiger partial charge in [0, 0.05) is 6.04 Å². The zero-order valence-corrected chi connectivity index (χ0v) is 15.4. The quantitative estimate of drug-likeness (QED) is 0.791. The van der Waals surface area contributed by atoms with Crippen LogP contribution in [-0.2, 0) is 16.3 Å². The normalized spacial score (nSPS) is 25.0. The lowest BCUT2D eigenvalue weighted by molar-refractivity contribution is 0.140. The number of nitrogens with zero attached hydrogens (tertiary/aromatic N) is 1. The van der Waals surface area contributed by atoms with Gasteiger partial charge in [-0.2, -0.15) is 0 Å². The summed E-state index contributed by atoms with van der Waals surface area (Å²) >= 11 is 0. The smallest absolute Gasteiger partial charge is 0.151 e. The first-order chi connectivity index (χ1) is 11.6. The number of piperidine rings is 1. The van der Waals surface area contributed by atoms with E-state index >= 15 is 0 Å². The van der Waals surface area contributed by atoms with Gasteiger partial charge in [0.15, 0.2) is 9.84 Å². The molecular formula is C19H29NO3S. The summed E-state index contributed by atoms with van der Waals surface area (Å²) in [4.78, 5) is 2.41. The Hall–Kier alpha value is -1.07. The van der Waals surface area contributed by atoms with Crippen LogP contribution in [0.2, 0.25) is 0 Å². The van der Waals surface area contributed by atoms with E-state index in [0.717, 1.165) is 37.6 Å². The maximum absolute atomic E-state index is 11.6. The molecule has 1 atom stereocenters. The first-order valence-corrected chi connectivity index (χ1v) is 11.0. The molecule has 1 aromatic rings. The van der Waals surface area contributed by atoms with Gasteiger partial charge in [-0.25, -0.2) is 8.42 Å². The average molecular weight is 352 g/mol. The molecule has 0 unspecified atom stereocenters. The lowest BCUT2D eigenvalue weighted by atomic mass is 9.90. The standard InChI is InChI=1S/C19H29NO3S/c1-2-23-19-7-5-16(6-8-19)3-4-17-9-12-20(13-10-17)18-11-14-24(21,22)15-18/h5-8,17-18H,2-4,9-15H2,1H3/t18-/m0/s1. The molecule has 2 saturated heterocycles. The van der Waals surface area contributed by atoms with Gasteiger partial charge in [-0.3, -0.25) is 4.90 Å². The van der Waals surface area contributed by atoms with E-state index in [-0.39, 0.29) is 6.04 Å². The van der Waals surface area contributed by atoms with Gasteiger partial charge < -0.3 is 4.74 Å². The number of hydrogen-bond donors (Lipinski definition) is 0. The second kappa shape index (κ2) is 7.87. The molecule has 0 aromatic heterocycles. The van der Waals surface area contributed by atoms with Crippen LogP contribution in [-0.4, -0.2) is 50.6 Å². The van der Waals surface area contributed by atoms with Crippen molar-refractivity contribution in [3.63, 3.8) is 0 Å². The van der Waals surface area contributed by atoms with E-state index in [0.29, 0.717) is 18.1 Å². The molecule has 0 amide bonds. The Kier molecular flexibility index (Phi) is 5.82. The highest BCUT2D eigenvalue weighted by Crippen LogP contribution is 2.27. The number of rotatable bonds is 6. The monoisotopic (exact) mass is 351 g/mol. The van der Waals surface area contributed by atoms with Crippen LogP contribution in [0.1, 0.15) is 38.2 Å². The minimum atomic E-state index is -2.76. The molecule has 2 aliphatic heterocycles. The Morgan fingerprint density at radius 3 is 2.42 bits per heavy atom. The molecule has 0 saturated carbocycles. The number of likely N-dealkylation sites (tertiary alicyclic amines) is 1. The average Bonchev–Trinajstić information content (AvgIpc) is 2.95. The third kappa shape index (κ3) is 4.73. The second-order valence-corrected chi connectivity index (χ2v) is 9.38. The lowest BCUT2D eigenvalue weighted by Gasteiger charge is -2.35. The van der Waals surface area contributed by atoms with Gasteiger partial charge in [-0.1, -0.05) is 12.1 Å². The summed E-state index contributed by atoms with van der Waals surface area (Å²) in [5.41, 5.74) is 1.38. The molecule has 24 heavy (non-hydrogen) atoms. The van der Waals surface area contributed by atoms with E-state index in [2.05, 4.69) is 29.2 Å². The maximum atomic E-state index is 11.6. The van der Waals surface area contributed by atoms with Crippen LogP contribution in [0, 0.1) is 5.92 Å². The molecular weight excluding hydrogens is 322 g/mol. The summed E-state index contributed by atoms with van der Waals surface area (Å²) in [6.45, 7) is 4.84. The largest absolute Gasteiger partial charge is 0.494 e.